The molecule has 0 atom stereocenters. The Bertz CT molecular complexity index is 1080. The zero-order chi connectivity index (χ0) is 21.8. The molecule has 2 aliphatic heterocycles. The van der Waals surface area contributed by atoms with Gasteiger partial charge in [0.25, 0.3) is 5.91 Å². The number of nitrogens with zero attached hydrogens (tertiary/aromatic N) is 4. The van der Waals surface area contributed by atoms with Crippen molar-refractivity contribution in [2.24, 2.45) is 0 Å². The average Bonchev–Trinajstić information content (AvgIpc) is 3.22. The molecule has 0 bridgehead atoms. The Balaban J connectivity index is 1.48. The van der Waals surface area contributed by atoms with Crippen LogP contribution in [0.3, 0.4) is 0 Å². The highest BCUT2D eigenvalue weighted by Crippen LogP contribution is 2.25. The number of aromatic nitrogens is 2. The van der Waals surface area contributed by atoms with Crippen molar-refractivity contribution in [3.05, 3.63) is 35.4 Å². The van der Waals surface area contributed by atoms with Crippen molar-refractivity contribution in [1.82, 2.24) is 14.5 Å². The van der Waals surface area contributed by atoms with Crippen LogP contribution in [-0.4, -0.2) is 68.2 Å². The summed E-state index contributed by atoms with van der Waals surface area (Å²) < 4.78 is 32.3. The van der Waals surface area contributed by atoms with Crippen molar-refractivity contribution in [3.63, 3.8) is 0 Å². The lowest BCUT2D eigenvalue weighted by Gasteiger charge is -2.26. The molecule has 0 unspecified atom stereocenters. The maximum atomic E-state index is 12.8. The highest BCUT2D eigenvalue weighted by molar-refractivity contribution is 7.89. The van der Waals surface area contributed by atoms with Gasteiger partial charge in [-0.25, -0.2) is 8.42 Å². The Kier molecular flexibility index (Phi) is 6.22. The van der Waals surface area contributed by atoms with E-state index in [9.17, 15) is 18.5 Å². The van der Waals surface area contributed by atoms with E-state index < -0.39 is 15.9 Å². The van der Waals surface area contributed by atoms with Crippen molar-refractivity contribution in [3.8, 4) is 6.07 Å². The van der Waals surface area contributed by atoms with Gasteiger partial charge in [0.1, 0.15) is 17.5 Å². The second-order valence-electron chi connectivity index (χ2n) is 7.45. The number of piperidine rings is 1. The molecule has 10 nitrogen and oxygen atoms in total. The van der Waals surface area contributed by atoms with Gasteiger partial charge in [0.15, 0.2) is 5.82 Å². The molecule has 1 aromatic heterocycles. The predicted octanol–water partition coefficient (Wildman–Crippen LogP) is 1.54. The summed E-state index contributed by atoms with van der Waals surface area (Å²) in [6, 6.07) is 7.91. The summed E-state index contributed by atoms with van der Waals surface area (Å²) in [5.74, 6) is 0.221. The minimum absolute atomic E-state index is 0.166. The number of sulfonamides is 1. The first-order valence-electron chi connectivity index (χ1n) is 10.2. The highest BCUT2D eigenvalue weighted by atomic mass is 32.2. The molecular formula is C20H24N6O4S. The van der Waals surface area contributed by atoms with Crippen LogP contribution in [0.1, 0.15) is 35.2 Å². The molecular weight excluding hydrogens is 420 g/mol. The molecule has 3 heterocycles. The van der Waals surface area contributed by atoms with E-state index in [1.165, 1.54) is 28.6 Å². The Morgan fingerprint density at radius 1 is 1.10 bits per heavy atom. The number of morpholine rings is 1. The number of hydrogen-bond donors (Lipinski definition) is 2. The van der Waals surface area contributed by atoms with Gasteiger partial charge in [-0.3, -0.25) is 9.89 Å². The number of anilines is 2. The standard InChI is InChI=1S/C20H24N6O4S/c21-14-17-18(23-24-19(17)25-10-12-30-13-11-25)22-20(27)15-4-6-16(7-5-15)31(28,29)26-8-2-1-3-9-26/h4-7H,1-3,8-13H2,(H2,22,23,24,27). The Labute approximate surface area is 180 Å². The first kappa shape index (κ1) is 21.3. The van der Waals surface area contributed by atoms with Crippen LogP contribution in [0.5, 0.6) is 0 Å². The second-order valence-corrected chi connectivity index (χ2v) is 9.39. The fourth-order valence-electron chi connectivity index (χ4n) is 3.75. The van der Waals surface area contributed by atoms with Gasteiger partial charge < -0.3 is 15.0 Å². The molecule has 1 aromatic carbocycles. The van der Waals surface area contributed by atoms with Crippen molar-refractivity contribution in [1.29, 1.82) is 5.26 Å². The molecule has 164 valence electrons. The summed E-state index contributed by atoms with van der Waals surface area (Å²) in [4.78, 5) is 14.8. The lowest BCUT2D eigenvalue weighted by Crippen LogP contribution is -2.36. The van der Waals surface area contributed by atoms with Crippen LogP contribution in [0.25, 0.3) is 0 Å². The molecule has 0 saturated carbocycles. The van der Waals surface area contributed by atoms with Crippen molar-refractivity contribution in [2.45, 2.75) is 24.2 Å². The fraction of sp³-hybridized carbons (Fsp3) is 0.450. The molecule has 4 rings (SSSR count). The second kappa shape index (κ2) is 9.05. The van der Waals surface area contributed by atoms with E-state index in [1.54, 1.807) is 0 Å². The van der Waals surface area contributed by atoms with Crippen LogP contribution in [0.2, 0.25) is 0 Å². The summed E-state index contributed by atoms with van der Waals surface area (Å²) in [5.41, 5.74) is 0.531. The van der Waals surface area contributed by atoms with Gasteiger partial charge in [0.2, 0.25) is 10.0 Å². The Hall–Kier alpha value is -2.94. The topological polar surface area (TPSA) is 131 Å². The Morgan fingerprint density at radius 2 is 1.77 bits per heavy atom. The van der Waals surface area contributed by atoms with Crippen molar-refractivity contribution < 1.29 is 17.9 Å². The van der Waals surface area contributed by atoms with E-state index in [0.717, 1.165) is 19.3 Å². The molecule has 2 N–H and O–H groups in total. The predicted molar refractivity (Wildman–Crippen MR) is 113 cm³/mol. The molecule has 0 spiro atoms. The molecule has 1 amide bonds. The van der Waals surface area contributed by atoms with Gasteiger partial charge >= 0.3 is 0 Å². The van der Waals surface area contributed by atoms with Gasteiger partial charge in [-0.2, -0.15) is 14.7 Å². The Morgan fingerprint density at radius 3 is 2.42 bits per heavy atom. The smallest absolute Gasteiger partial charge is 0.256 e. The van der Waals surface area contributed by atoms with E-state index in [2.05, 4.69) is 21.6 Å². The number of carbonyl (C=O) groups excluding carboxylic acids is 1. The average molecular weight is 445 g/mol. The molecule has 2 aromatic rings. The monoisotopic (exact) mass is 444 g/mol. The molecule has 2 saturated heterocycles. The van der Waals surface area contributed by atoms with E-state index >= 15 is 0 Å². The molecule has 2 aliphatic rings. The number of rotatable bonds is 5. The number of hydrogen-bond acceptors (Lipinski definition) is 7. The summed E-state index contributed by atoms with van der Waals surface area (Å²) in [6.45, 7) is 3.36. The van der Waals surface area contributed by atoms with Crippen LogP contribution in [0.15, 0.2) is 29.2 Å². The SMILES string of the molecule is N#Cc1c(N2CCOCC2)n[nH]c1NC(=O)c1ccc(S(=O)(=O)N2CCCCC2)cc1. The maximum absolute atomic E-state index is 12.8. The third-order valence-electron chi connectivity index (χ3n) is 5.48. The van der Waals surface area contributed by atoms with Gasteiger partial charge in [-0.1, -0.05) is 6.42 Å². The summed E-state index contributed by atoms with van der Waals surface area (Å²) in [6.07, 6.45) is 2.76. The van der Waals surface area contributed by atoms with E-state index in [4.69, 9.17) is 4.74 Å². The zero-order valence-electron chi connectivity index (χ0n) is 17.0. The van der Waals surface area contributed by atoms with E-state index in [1.807, 2.05) is 4.90 Å². The first-order chi connectivity index (χ1) is 15.0. The quantitative estimate of drug-likeness (QED) is 0.715. The number of ether oxygens (including phenoxy) is 1. The minimum atomic E-state index is -3.56. The van der Waals surface area contributed by atoms with Crippen LogP contribution in [0, 0.1) is 11.3 Å². The third kappa shape index (κ3) is 4.41. The lowest BCUT2D eigenvalue weighted by atomic mass is 10.2. The number of carbonyl (C=O) groups is 1. The molecule has 2 fully saturated rings. The largest absolute Gasteiger partial charge is 0.378 e. The van der Waals surface area contributed by atoms with Gasteiger partial charge in [0.05, 0.1) is 18.1 Å². The molecule has 31 heavy (non-hydrogen) atoms. The van der Waals surface area contributed by atoms with Crippen LogP contribution in [-0.2, 0) is 14.8 Å². The minimum Gasteiger partial charge on any atom is -0.378 e. The van der Waals surface area contributed by atoms with Crippen molar-refractivity contribution in [2.75, 3.05) is 49.6 Å². The lowest BCUT2D eigenvalue weighted by molar-refractivity contribution is 0.102. The molecule has 0 radical (unpaired) electrons. The van der Waals surface area contributed by atoms with Crippen LogP contribution < -0.4 is 10.2 Å². The zero-order valence-corrected chi connectivity index (χ0v) is 17.8. The number of aromatic amines is 1. The number of amides is 1. The van der Waals surface area contributed by atoms with Gasteiger partial charge in [-0.15, -0.1) is 0 Å². The van der Waals surface area contributed by atoms with E-state index in [0.29, 0.717) is 45.2 Å². The highest BCUT2D eigenvalue weighted by Gasteiger charge is 2.26. The van der Waals surface area contributed by atoms with Crippen LogP contribution in [0.4, 0.5) is 11.6 Å². The van der Waals surface area contributed by atoms with Crippen molar-refractivity contribution >= 4 is 27.6 Å². The normalized spacial score (nSPS) is 17.8. The van der Waals surface area contributed by atoms with Gasteiger partial charge in [-0.05, 0) is 37.1 Å². The molecule has 0 aliphatic carbocycles. The number of nitriles is 1. The summed E-state index contributed by atoms with van der Waals surface area (Å²) in [5, 5.41) is 19.1. The molecule has 11 heteroatoms. The first-order valence-corrected chi connectivity index (χ1v) is 11.7. The number of H-pyrrole nitrogens is 1. The summed E-state index contributed by atoms with van der Waals surface area (Å²) in [7, 11) is -3.56. The van der Waals surface area contributed by atoms with Gasteiger partial charge in [0, 0.05) is 31.7 Å². The van der Waals surface area contributed by atoms with E-state index in [-0.39, 0.29) is 21.8 Å². The maximum Gasteiger partial charge on any atom is 0.256 e. The van der Waals surface area contributed by atoms with Crippen LogP contribution >= 0.6 is 0 Å². The third-order valence-corrected chi connectivity index (χ3v) is 7.39. The fourth-order valence-corrected chi connectivity index (χ4v) is 5.27. The number of benzene rings is 1. The summed E-state index contributed by atoms with van der Waals surface area (Å²) >= 11 is 0. The number of nitrogens with one attached hydrogen (secondary N) is 2.